The maximum Gasteiger partial charge on any atom is 0.273 e. The number of aromatic hydroxyl groups is 2. The van der Waals surface area contributed by atoms with Crippen molar-refractivity contribution in [2.75, 3.05) is 0 Å². The van der Waals surface area contributed by atoms with Gasteiger partial charge in [-0.25, -0.2) is 5.43 Å². The van der Waals surface area contributed by atoms with Crippen molar-refractivity contribution in [2.45, 2.75) is 6.10 Å². The lowest BCUT2D eigenvalue weighted by Gasteiger charge is -2.09. The average molecular weight is 444 g/mol. The molecule has 2 rings (SSSR count). The fraction of sp³-hybridized carbons (Fsp3) is 0.0667. The number of aliphatic hydroxyl groups is 1. The highest BCUT2D eigenvalue weighted by Gasteiger charge is 2.16. The lowest BCUT2D eigenvalue weighted by Crippen LogP contribution is -2.25. The second-order valence-electron chi connectivity index (χ2n) is 4.51. The molecular weight excluding hydrogens is 432 g/mol. The van der Waals surface area contributed by atoms with Gasteiger partial charge in [0.2, 0.25) is 0 Å². The molecule has 0 unspecified atom stereocenters. The van der Waals surface area contributed by atoms with Crippen LogP contribution in [0.25, 0.3) is 0 Å². The Morgan fingerprint density at radius 1 is 1.17 bits per heavy atom. The number of aliphatic hydroxyl groups excluding tert-OH is 1. The average Bonchev–Trinajstić information content (AvgIpc) is 2.57. The van der Waals surface area contributed by atoms with Crippen LogP contribution in [0.15, 0.2) is 50.4 Å². The minimum atomic E-state index is -1.35. The topological polar surface area (TPSA) is 102 Å². The third-order valence-corrected chi connectivity index (χ3v) is 4.30. The van der Waals surface area contributed by atoms with E-state index < -0.39 is 12.0 Å². The summed E-state index contributed by atoms with van der Waals surface area (Å²) in [5.74, 6) is -1.08. The lowest BCUT2D eigenvalue weighted by atomic mass is 10.1. The molecule has 0 aliphatic rings. The summed E-state index contributed by atoms with van der Waals surface area (Å²) >= 11 is 6.16. The molecule has 1 atom stereocenters. The zero-order valence-corrected chi connectivity index (χ0v) is 14.7. The molecule has 2 aromatic rings. The number of hydrogen-bond acceptors (Lipinski definition) is 5. The van der Waals surface area contributed by atoms with E-state index in [-0.39, 0.29) is 21.5 Å². The highest BCUT2D eigenvalue weighted by molar-refractivity contribution is 9.11. The van der Waals surface area contributed by atoms with E-state index in [1.807, 2.05) is 0 Å². The Morgan fingerprint density at radius 2 is 1.83 bits per heavy atom. The summed E-state index contributed by atoms with van der Waals surface area (Å²) in [6, 6.07) is 9.85. The summed E-state index contributed by atoms with van der Waals surface area (Å²) in [4.78, 5) is 11.8. The quantitative estimate of drug-likeness (QED) is 0.431. The van der Waals surface area contributed by atoms with Gasteiger partial charge >= 0.3 is 0 Å². The van der Waals surface area contributed by atoms with E-state index >= 15 is 0 Å². The number of phenols is 2. The van der Waals surface area contributed by atoms with Crippen LogP contribution in [0.1, 0.15) is 17.2 Å². The van der Waals surface area contributed by atoms with Gasteiger partial charge in [0.15, 0.2) is 6.10 Å². The summed E-state index contributed by atoms with van der Waals surface area (Å²) in [5, 5.41) is 33.1. The van der Waals surface area contributed by atoms with Crippen molar-refractivity contribution in [3.05, 3.63) is 56.5 Å². The Hall–Kier alpha value is -1.90. The van der Waals surface area contributed by atoms with Crippen LogP contribution in [-0.2, 0) is 4.79 Å². The Labute approximate surface area is 148 Å². The van der Waals surface area contributed by atoms with Crippen molar-refractivity contribution in [1.82, 2.24) is 5.43 Å². The van der Waals surface area contributed by atoms with Gasteiger partial charge in [-0.2, -0.15) is 5.10 Å². The molecule has 2 aromatic carbocycles. The molecular formula is C15H12Br2N2O4. The van der Waals surface area contributed by atoms with Crippen molar-refractivity contribution in [3.8, 4) is 11.5 Å². The molecule has 4 N–H and O–H groups in total. The summed E-state index contributed by atoms with van der Waals surface area (Å²) in [7, 11) is 0. The molecule has 23 heavy (non-hydrogen) atoms. The molecule has 0 radical (unpaired) electrons. The number of nitrogens with one attached hydrogen (secondary N) is 1. The monoisotopic (exact) mass is 442 g/mol. The highest BCUT2D eigenvalue weighted by Crippen LogP contribution is 2.40. The predicted octanol–water partition coefficient (Wildman–Crippen LogP) is 2.81. The van der Waals surface area contributed by atoms with Gasteiger partial charge in [0.1, 0.15) is 16.0 Å². The van der Waals surface area contributed by atoms with E-state index in [9.17, 15) is 20.1 Å². The fourth-order valence-electron chi connectivity index (χ4n) is 1.73. The van der Waals surface area contributed by atoms with Crippen LogP contribution in [0, 0.1) is 0 Å². The van der Waals surface area contributed by atoms with E-state index in [0.29, 0.717) is 10.0 Å². The highest BCUT2D eigenvalue weighted by atomic mass is 79.9. The molecule has 0 saturated carbocycles. The molecule has 0 aliphatic carbocycles. The zero-order valence-electron chi connectivity index (χ0n) is 11.6. The van der Waals surface area contributed by atoms with Crippen molar-refractivity contribution in [1.29, 1.82) is 0 Å². The van der Waals surface area contributed by atoms with Crippen molar-refractivity contribution >= 4 is 44.0 Å². The third-order valence-electron chi connectivity index (χ3n) is 2.94. The third kappa shape index (κ3) is 4.10. The Balaban J connectivity index is 2.09. The Kier molecular flexibility index (Phi) is 5.75. The van der Waals surface area contributed by atoms with Gasteiger partial charge in [-0.1, -0.05) is 30.3 Å². The SMILES string of the molecule is O=C(NN=Cc1cc(Br)c(O)c(Br)c1O)[C@H](O)c1ccccc1. The van der Waals surface area contributed by atoms with Gasteiger partial charge in [-0.15, -0.1) is 0 Å². The normalized spacial score (nSPS) is 12.3. The molecule has 6 nitrogen and oxygen atoms in total. The molecule has 120 valence electrons. The standard InChI is InChI=1S/C15H12Br2N2O4/c16-10-6-9(12(20)11(17)14(10)22)7-18-19-15(23)13(21)8-4-2-1-3-5-8/h1-7,13,20-22H,(H,19,23)/t13-/m1/s1. The molecule has 0 aromatic heterocycles. The van der Waals surface area contributed by atoms with Gasteiger partial charge in [-0.05, 0) is 43.5 Å². The van der Waals surface area contributed by atoms with E-state index in [0.717, 1.165) is 0 Å². The van der Waals surface area contributed by atoms with Gasteiger partial charge in [0.05, 0.1) is 10.7 Å². The first kappa shape index (κ1) is 17.5. The molecule has 8 heteroatoms. The van der Waals surface area contributed by atoms with Crippen LogP contribution in [0.3, 0.4) is 0 Å². The molecule has 0 heterocycles. The number of nitrogens with zero attached hydrogens (tertiary/aromatic N) is 1. The number of benzene rings is 2. The zero-order chi connectivity index (χ0) is 17.0. The van der Waals surface area contributed by atoms with Crippen LogP contribution in [0.2, 0.25) is 0 Å². The number of amides is 1. The molecule has 0 fully saturated rings. The second kappa shape index (κ2) is 7.58. The smallest absolute Gasteiger partial charge is 0.273 e. The van der Waals surface area contributed by atoms with E-state index in [1.165, 1.54) is 12.3 Å². The van der Waals surface area contributed by atoms with E-state index in [2.05, 4.69) is 42.4 Å². The van der Waals surface area contributed by atoms with Crippen LogP contribution in [0.4, 0.5) is 0 Å². The summed E-state index contributed by atoms with van der Waals surface area (Å²) in [6.07, 6.45) is -0.153. The second-order valence-corrected chi connectivity index (χ2v) is 6.15. The van der Waals surface area contributed by atoms with Crippen LogP contribution < -0.4 is 5.43 Å². The van der Waals surface area contributed by atoms with Crippen LogP contribution in [-0.4, -0.2) is 27.4 Å². The minimum absolute atomic E-state index is 0.101. The van der Waals surface area contributed by atoms with Crippen LogP contribution >= 0.6 is 31.9 Å². The van der Waals surface area contributed by atoms with Gasteiger partial charge in [0.25, 0.3) is 5.91 Å². The van der Waals surface area contributed by atoms with Gasteiger partial charge in [0, 0.05) is 5.56 Å². The number of carbonyl (C=O) groups is 1. The van der Waals surface area contributed by atoms with Crippen molar-refractivity contribution in [2.24, 2.45) is 5.10 Å². The first-order valence-electron chi connectivity index (χ1n) is 6.37. The Morgan fingerprint density at radius 3 is 2.48 bits per heavy atom. The number of phenolic OH excluding ortho intramolecular Hbond substituents is 2. The first-order valence-corrected chi connectivity index (χ1v) is 7.96. The molecule has 0 spiro atoms. The first-order chi connectivity index (χ1) is 10.9. The fourth-order valence-corrected chi connectivity index (χ4v) is 2.88. The number of hydrogen-bond donors (Lipinski definition) is 4. The van der Waals surface area contributed by atoms with E-state index in [1.54, 1.807) is 30.3 Å². The van der Waals surface area contributed by atoms with Crippen molar-refractivity contribution in [3.63, 3.8) is 0 Å². The molecule has 0 aliphatic heterocycles. The van der Waals surface area contributed by atoms with Gasteiger partial charge < -0.3 is 15.3 Å². The number of carbonyl (C=O) groups excluding carboxylic acids is 1. The predicted molar refractivity (Wildman–Crippen MR) is 92.3 cm³/mol. The number of halogens is 2. The Bertz CT molecular complexity index is 751. The van der Waals surface area contributed by atoms with Crippen molar-refractivity contribution < 1.29 is 20.1 Å². The summed E-state index contributed by atoms with van der Waals surface area (Å²) in [5.41, 5.74) is 2.89. The van der Waals surface area contributed by atoms with Crippen LogP contribution in [0.5, 0.6) is 11.5 Å². The maximum absolute atomic E-state index is 11.8. The molecule has 0 bridgehead atoms. The molecule has 0 saturated heterocycles. The summed E-state index contributed by atoms with van der Waals surface area (Å²) < 4.78 is 0.447. The van der Waals surface area contributed by atoms with Gasteiger partial charge in [-0.3, -0.25) is 4.79 Å². The number of hydrazone groups is 1. The molecule has 1 amide bonds. The largest absolute Gasteiger partial charge is 0.506 e. The maximum atomic E-state index is 11.8. The number of rotatable bonds is 4. The minimum Gasteiger partial charge on any atom is -0.506 e. The van der Waals surface area contributed by atoms with E-state index in [4.69, 9.17) is 0 Å². The lowest BCUT2D eigenvalue weighted by molar-refractivity contribution is -0.129. The summed E-state index contributed by atoms with van der Waals surface area (Å²) in [6.45, 7) is 0.